The number of fused-ring (bicyclic) bond motifs is 1. The van der Waals surface area contributed by atoms with Gasteiger partial charge in [0.2, 0.25) is 0 Å². The van der Waals surface area contributed by atoms with E-state index in [9.17, 15) is 4.79 Å². The molecule has 0 saturated carbocycles. The quantitative estimate of drug-likeness (QED) is 0.668. The SMILES string of the molecule is CCn1c(=O)[nH]c2nc(C)nc(N)c21. The molecule has 0 aliphatic heterocycles. The molecule has 0 bridgehead atoms. The number of hydrogen-bond donors (Lipinski definition) is 2. The molecule has 6 nitrogen and oxygen atoms in total. The lowest BCUT2D eigenvalue weighted by molar-refractivity contribution is 0.753. The average Bonchev–Trinajstić information content (AvgIpc) is 2.40. The Hall–Kier alpha value is -1.85. The van der Waals surface area contributed by atoms with Crippen LogP contribution < -0.4 is 11.4 Å². The van der Waals surface area contributed by atoms with Gasteiger partial charge in [-0.05, 0) is 13.8 Å². The van der Waals surface area contributed by atoms with E-state index in [2.05, 4.69) is 15.0 Å². The number of nitrogens with one attached hydrogen (secondary N) is 1. The van der Waals surface area contributed by atoms with Gasteiger partial charge in [-0.2, -0.15) is 0 Å². The van der Waals surface area contributed by atoms with Crippen molar-refractivity contribution in [3.05, 3.63) is 16.3 Å². The van der Waals surface area contributed by atoms with Crippen LogP contribution in [0.25, 0.3) is 11.2 Å². The van der Waals surface area contributed by atoms with Crippen molar-refractivity contribution in [2.24, 2.45) is 0 Å². The molecule has 0 saturated heterocycles. The van der Waals surface area contributed by atoms with Crippen LogP contribution in [-0.4, -0.2) is 19.5 Å². The molecule has 0 spiro atoms. The zero-order chi connectivity index (χ0) is 10.3. The van der Waals surface area contributed by atoms with E-state index < -0.39 is 0 Å². The van der Waals surface area contributed by atoms with E-state index in [-0.39, 0.29) is 5.69 Å². The van der Waals surface area contributed by atoms with Crippen LogP contribution in [0.2, 0.25) is 0 Å². The Labute approximate surface area is 79.8 Å². The van der Waals surface area contributed by atoms with Crippen LogP contribution in [0, 0.1) is 6.92 Å². The lowest BCUT2D eigenvalue weighted by Gasteiger charge is -2.00. The Bertz CT molecular complexity index is 538. The Morgan fingerprint density at radius 2 is 2.21 bits per heavy atom. The summed E-state index contributed by atoms with van der Waals surface area (Å²) >= 11 is 0. The Morgan fingerprint density at radius 1 is 1.50 bits per heavy atom. The number of hydrogen-bond acceptors (Lipinski definition) is 4. The summed E-state index contributed by atoms with van der Waals surface area (Å²) < 4.78 is 1.52. The molecule has 0 fully saturated rings. The highest BCUT2D eigenvalue weighted by atomic mass is 16.1. The van der Waals surface area contributed by atoms with Crippen molar-refractivity contribution >= 4 is 17.0 Å². The molecule has 0 unspecified atom stereocenters. The number of aromatic nitrogens is 4. The zero-order valence-electron chi connectivity index (χ0n) is 8.03. The smallest absolute Gasteiger partial charge is 0.327 e. The molecule has 74 valence electrons. The molecule has 2 rings (SSSR count). The standard InChI is InChI=1S/C8H11N5O/c1-3-13-5-6(9)10-4(2)11-7(5)12-8(13)14/h3H2,1-2H3,(H3,9,10,11,12,14). The van der Waals surface area contributed by atoms with E-state index in [4.69, 9.17) is 5.73 Å². The van der Waals surface area contributed by atoms with Gasteiger partial charge in [-0.1, -0.05) is 0 Å². The maximum atomic E-state index is 11.4. The summed E-state index contributed by atoms with van der Waals surface area (Å²) in [6.07, 6.45) is 0. The maximum absolute atomic E-state index is 11.4. The molecule has 0 aliphatic carbocycles. The number of aromatic amines is 1. The summed E-state index contributed by atoms with van der Waals surface area (Å²) in [4.78, 5) is 22.2. The molecule has 6 heteroatoms. The van der Waals surface area contributed by atoms with Crippen LogP contribution in [-0.2, 0) is 6.54 Å². The molecule has 0 aromatic carbocycles. The van der Waals surface area contributed by atoms with Gasteiger partial charge in [0, 0.05) is 6.54 Å². The molecule has 0 atom stereocenters. The molecular weight excluding hydrogens is 182 g/mol. The minimum atomic E-state index is -0.200. The largest absolute Gasteiger partial charge is 0.382 e. The first-order chi connectivity index (χ1) is 6.63. The molecule has 0 aliphatic rings. The highest BCUT2D eigenvalue weighted by molar-refractivity contribution is 5.81. The van der Waals surface area contributed by atoms with Crippen LogP contribution in [0.1, 0.15) is 12.7 Å². The first kappa shape index (κ1) is 8.74. The van der Waals surface area contributed by atoms with E-state index in [1.54, 1.807) is 6.92 Å². The predicted molar refractivity (Wildman–Crippen MR) is 53.0 cm³/mol. The summed E-state index contributed by atoms with van der Waals surface area (Å²) in [5.41, 5.74) is 6.60. The number of aryl methyl sites for hydroxylation is 2. The van der Waals surface area contributed by atoms with Gasteiger partial charge in [0.15, 0.2) is 11.5 Å². The second-order valence-electron chi connectivity index (χ2n) is 3.03. The highest BCUT2D eigenvalue weighted by Crippen LogP contribution is 2.13. The third-order valence-corrected chi connectivity index (χ3v) is 2.08. The third-order valence-electron chi connectivity index (χ3n) is 2.08. The summed E-state index contributed by atoms with van der Waals surface area (Å²) in [7, 11) is 0. The predicted octanol–water partition coefficient (Wildman–Crippen LogP) is 0.0301. The van der Waals surface area contributed by atoms with Crippen molar-refractivity contribution in [3.8, 4) is 0 Å². The fraction of sp³-hybridized carbons (Fsp3) is 0.375. The Morgan fingerprint density at radius 3 is 2.86 bits per heavy atom. The van der Waals surface area contributed by atoms with Crippen molar-refractivity contribution in [3.63, 3.8) is 0 Å². The summed E-state index contributed by atoms with van der Waals surface area (Å²) in [5.74, 6) is 0.896. The highest BCUT2D eigenvalue weighted by Gasteiger charge is 2.10. The van der Waals surface area contributed by atoms with Gasteiger partial charge in [0.25, 0.3) is 0 Å². The average molecular weight is 193 g/mol. The van der Waals surface area contributed by atoms with E-state index in [0.29, 0.717) is 29.4 Å². The van der Waals surface area contributed by atoms with Crippen molar-refractivity contribution in [1.82, 2.24) is 19.5 Å². The molecular formula is C8H11N5O. The summed E-state index contributed by atoms with van der Waals surface area (Å²) in [5, 5.41) is 0. The second-order valence-corrected chi connectivity index (χ2v) is 3.03. The van der Waals surface area contributed by atoms with Gasteiger partial charge in [-0.3, -0.25) is 9.55 Å². The van der Waals surface area contributed by atoms with Crippen LogP contribution in [0.4, 0.5) is 5.82 Å². The van der Waals surface area contributed by atoms with E-state index in [0.717, 1.165) is 0 Å². The number of imidazole rings is 1. The van der Waals surface area contributed by atoms with Gasteiger partial charge in [-0.15, -0.1) is 0 Å². The fourth-order valence-electron chi connectivity index (χ4n) is 1.51. The van der Waals surface area contributed by atoms with Crippen molar-refractivity contribution < 1.29 is 0 Å². The molecule has 2 aromatic heterocycles. The number of nitrogens with two attached hydrogens (primary N) is 1. The molecule has 0 radical (unpaired) electrons. The molecule has 14 heavy (non-hydrogen) atoms. The maximum Gasteiger partial charge on any atom is 0.327 e. The van der Waals surface area contributed by atoms with Gasteiger partial charge < -0.3 is 5.73 Å². The summed E-state index contributed by atoms with van der Waals surface area (Å²) in [6.45, 7) is 4.15. The Kier molecular flexibility index (Phi) is 1.77. The molecule has 2 heterocycles. The van der Waals surface area contributed by atoms with Gasteiger partial charge >= 0.3 is 5.69 Å². The van der Waals surface area contributed by atoms with Gasteiger partial charge in [0.05, 0.1) is 0 Å². The van der Waals surface area contributed by atoms with Crippen LogP contribution in [0.15, 0.2) is 4.79 Å². The van der Waals surface area contributed by atoms with Gasteiger partial charge in [-0.25, -0.2) is 14.8 Å². The minimum absolute atomic E-state index is 0.200. The first-order valence-electron chi connectivity index (χ1n) is 4.36. The number of anilines is 1. The lowest BCUT2D eigenvalue weighted by atomic mass is 10.4. The second kappa shape index (κ2) is 2.83. The van der Waals surface area contributed by atoms with Crippen LogP contribution >= 0.6 is 0 Å². The summed E-state index contributed by atoms with van der Waals surface area (Å²) in [6, 6.07) is 0. The monoisotopic (exact) mass is 193 g/mol. The number of nitrogens with zero attached hydrogens (tertiary/aromatic N) is 3. The number of H-pyrrole nitrogens is 1. The first-order valence-corrected chi connectivity index (χ1v) is 4.36. The van der Waals surface area contributed by atoms with Crippen molar-refractivity contribution in [2.75, 3.05) is 5.73 Å². The van der Waals surface area contributed by atoms with Crippen molar-refractivity contribution in [1.29, 1.82) is 0 Å². The van der Waals surface area contributed by atoms with E-state index >= 15 is 0 Å². The van der Waals surface area contributed by atoms with Gasteiger partial charge in [0.1, 0.15) is 11.3 Å². The molecule has 0 amide bonds. The topological polar surface area (TPSA) is 89.6 Å². The molecule has 2 aromatic rings. The normalized spacial score (nSPS) is 11.0. The van der Waals surface area contributed by atoms with E-state index in [1.165, 1.54) is 4.57 Å². The number of nitrogen functional groups attached to an aromatic ring is 1. The number of rotatable bonds is 1. The lowest BCUT2D eigenvalue weighted by Crippen LogP contribution is -2.15. The minimum Gasteiger partial charge on any atom is -0.382 e. The van der Waals surface area contributed by atoms with E-state index in [1.807, 2.05) is 6.92 Å². The molecule has 3 N–H and O–H groups in total. The zero-order valence-corrected chi connectivity index (χ0v) is 8.03. The van der Waals surface area contributed by atoms with Crippen molar-refractivity contribution in [2.45, 2.75) is 20.4 Å². The van der Waals surface area contributed by atoms with Crippen LogP contribution in [0.3, 0.4) is 0 Å². The fourth-order valence-corrected chi connectivity index (χ4v) is 1.51. The van der Waals surface area contributed by atoms with Crippen LogP contribution in [0.5, 0.6) is 0 Å². The third kappa shape index (κ3) is 1.07. The Balaban J connectivity index is 2.95.